The van der Waals surface area contributed by atoms with E-state index in [0.29, 0.717) is 11.3 Å². The lowest BCUT2D eigenvalue weighted by atomic mass is 10.1. The maximum Gasteiger partial charge on any atom is 0.356 e. The molecule has 6 heteroatoms. The molecule has 0 saturated heterocycles. The van der Waals surface area contributed by atoms with E-state index < -0.39 is 0 Å². The van der Waals surface area contributed by atoms with Crippen LogP contribution in [0.1, 0.15) is 5.69 Å². The topological polar surface area (TPSA) is 60.4 Å². The summed E-state index contributed by atoms with van der Waals surface area (Å²) in [6.07, 6.45) is 0. The first-order valence-electron chi connectivity index (χ1n) is 5.96. The lowest BCUT2D eigenvalue weighted by Gasteiger charge is -2.00. The molecule has 3 rings (SSSR count). The number of aromatic nitrogens is 2. The fourth-order valence-corrected chi connectivity index (χ4v) is 2.47. The lowest BCUT2D eigenvalue weighted by molar-refractivity contribution is -0.389. The highest BCUT2D eigenvalue weighted by Gasteiger charge is 2.24. The van der Waals surface area contributed by atoms with Crippen molar-refractivity contribution < 1.29 is 4.92 Å². The number of hydrogen-bond acceptors (Lipinski definition) is 3. The van der Waals surface area contributed by atoms with Crippen molar-refractivity contribution in [3.05, 3.63) is 62.7 Å². The Balaban J connectivity index is 2.35. The van der Waals surface area contributed by atoms with Gasteiger partial charge in [0.1, 0.15) is 5.69 Å². The maximum absolute atomic E-state index is 11.4. The smallest absolute Gasteiger partial charge is 0.356 e. The third-order valence-electron chi connectivity index (χ3n) is 3.11. The van der Waals surface area contributed by atoms with Gasteiger partial charge in [-0.2, -0.15) is 9.38 Å². The van der Waals surface area contributed by atoms with Gasteiger partial charge in [-0.1, -0.05) is 34.1 Å². The van der Waals surface area contributed by atoms with E-state index in [-0.39, 0.29) is 10.7 Å². The Hall–Kier alpha value is -2.21. The van der Waals surface area contributed by atoms with E-state index in [0.717, 1.165) is 15.7 Å². The molecule has 5 nitrogen and oxygen atoms in total. The van der Waals surface area contributed by atoms with Crippen LogP contribution >= 0.6 is 15.9 Å². The van der Waals surface area contributed by atoms with Crippen LogP contribution in [-0.2, 0) is 0 Å². The van der Waals surface area contributed by atoms with Gasteiger partial charge in [0, 0.05) is 16.1 Å². The van der Waals surface area contributed by atoms with Crippen LogP contribution in [0.3, 0.4) is 0 Å². The zero-order chi connectivity index (χ0) is 14.3. The van der Waals surface area contributed by atoms with E-state index in [9.17, 15) is 10.1 Å². The second-order valence-electron chi connectivity index (χ2n) is 4.41. The number of fused-ring (bicyclic) bond motifs is 1. The van der Waals surface area contributed by atoms with E-state index in [2.05, 4.69) is 20.9 Å². The van der Waals surface area contributed by atoms with Gasteiger partial charge in [0.05, 0.1) is 0 Å². The minimum absolute atomic E-state index is 0.000391. The number of rotatable bonds is 2. The van der Waals surface area contributed by atoms with Crippen LogP contribution in [0.2, 0.25) is 0 Å². The maximum atomic E-state index is 11.4. The number of imidazole rings is 1. The Morgan fingerprint density at radius 1 is 1.20 bits per heavy atom. The monoisotopic (exact) mass is 331 g/mol. The SMILES string of the molecule is Cc1cccc2nc(-c3ccc(Br)cc3)c([N+](=O)[O-])n12. The van der Waals surface area contributed by atoms with E-state index in [1.54, 1.807) is 10.5 Å². The molecule has 0 fully saturated rings. The van der Waals surface area contributed by atoms with Crippen molar-refractivity contribution in [2.24, 2.45) is 0 Å². The first-order valence-corrected chi connectivity index (χ1v) is 6.75. The minimum Gasteiger partial charge on any atom is -0.358 e. The molecule has 2 heterocycles. The first-order chi connectivity index (χ1) is 9.58. The number of hydrogen-bond donors (Lipinski definition) is 0. The molecule has 2 aromatic heterocycles. The molecule has 0 aliphatic rings. The van der Waals surface area contributed by atoms with E-state index in [1.807, 2.05) is 43.3 Å². The second-order valence-corrected chi connectivity index (χ2v) is 5.32. The van der Waals surface area contributed by atoms with Crippen LogP contribution in [-0.4, -0.2) is 14.3 Å². The molecule has 0 unspecified atom stereocenters. The van der Waals surface area contributed by atoms with Crippen LogP contribution in [0.15, 0.2) is 46.9 Å². The Morgan fingerprint density at radius 3 is 2.55 bits per heavy atom. The number of benzene rings is 1. The molecule has 100 valence electrons. The van der Waals surface area contributed by atoms with Crippen LogP contribution in [0.4, 0.5) is 5.82 Å². The summed E-state index contributed by atoms with van der Waals surface area (Å²) in [5, 5.41) is 11.4. The zero-order valence-electron chi connectivity index (χ0n) is 10.6. The third kappa shape index (κ3) is 1.98. The minimum atomic E-state index is -0.385. The molecule has 20 heavy (non-hydrogen) atoms. The molecule has 0 aliphatic heterocycles. The Kier molecular flexibility index (Phi) is 3.02. The zero-order valence-corrected chi connectivity index (χ0v) is 12.2. The lowest BCUT2D eigenvalue weighted by Crippen LogP contribution is -1.98. The fraction of sp³-hybridized carbons (Fsp3) is 0.0714. The van der Waals surface area contributed by atoms with Crippen molar-refractivity contribution in [1.29, 1.82) is 0 Å². The van der Waals surface area contributed by atoms with Crippen molar-refractivity contribution in [2.75, 3.05) is 0 Å². The van der Waals surface area contributed by atoms with E-state index in [4.69, 9.17) is 0 Å². The molecule has 0 radical (unpaired) electrons. The highest BCUT2D eigenvalue weighted by atomic mass is 79.9. The number of nitrogens with zero attached hydrogens (tertiary/aromatic N) is 3. The van der Waals surface area contributed by atoms with E-state index in [1.165, 1.54) is 0 Å². The molecule has 0 amide bonds. The van der Waals surface area contributed by atoms with Gasteiger partial charge in [-0.05, 0) is 30.0 Å². The largest absolute Gasteiger partial charge is 0.358 e. The number of pyridine rings is 1. The third-order valence-corrected chi connectivity index (χ3v) is 3.63. The molecule has 0 bridgehead atoms. The summed E-state index contributed by atoms with van der Waals surface area (Å²) in [4.78, 5) is 15.4. The summed E-state index contributed by atoms with van der Waals surface area (Å²) in [5.74, 6) is 0.000391. The number of aryl methyl sites for hydroxylation is 1. The molecular weight excluding hydrogens is 322 g/mol. The average Bonchev–Trinajstić information content (AvgIpc) is 2.80. The Labute approximate surface area is 123 Å². The van der Waals surface area contributed by atoms with Gasteiger partial charge in [0.15, 0.2) is 5.69 Å². The molecule has 0 N–H and O–H groups in total. The number of nitro groups is 1. The van der Waals surface area contributed by atoms with Gasteiger partial charge in [0.25, 0.3) is 0 Å². The van der Waals surface area contributed by atoms with Crippen LogP contribution in [0, 0.1) is 17.0 Å². The normalized spacial score (nSPS) is 10.9. The van der Waals surface area contributed by atoms with Crippen molar-refractivity contribution in [3.8, 4) is 11.3 Å². The molecule has 1 aromatic carbocycles. The predicted octanol–water partition coefficient (Wildman–Crippen LogP) is 3.98. The Bertz CT molecular complexity index is 809. The fourth-order valence-electron chi connectivity index (χ4n) is 2.21. The summed E-state index contributed by atoms with van der Waals surface area (Å²) < 4.78 is 2.49. The summed E-state index contributed by atoms with van der Waals surface area (Å²) in [5.41, 5.74) is 2.47. The quantitative estimate of drug-likeness (QED) is 0.527. The first kappa shape index (κ1) is 12.8. The van der Waals surface area contributed by atoms with Gasteiger partial charge >= 0.3 is 5.82 Å². The summed E-state index contributed by atoms with van der Waals surface area (Å²) >= 11 is 3.35. The van der Waals surface area contributed by atoms with Gasteiger partial charge in [0.2, 0.25) is 5.65 Å². The molecule has 0 saturated carbocycles. The molecule has 0 spiro atoms. The second kappa shape index (κ2) is 4.72. The summed E-state index contributed by atoms with van der Waals surface area (Å²) in [6.45, 7) is 1.83. The molecule has 0 aliphatic carbocycles. The van der Waals surface area contributed by atoms with Gasteiger partial charge in [-0.3, -0.25) is 0 Å². The molecular formula is C14H10BrN3O2. The van der Waals surface area contributed by atoms with Gasteiger partial charge in [-0.15, -0.1) is 0 Å². The van der Waals surface area contributed by atoms with Crippen molar-refractivity contribution in [1.82, 2.24) is 9.38 Å². The van der Waals surface area contributed by atoms with Crippen LogP contribution < -0.4 is 0 Å². The molecule has 3 aromatic rings. The van der Waals surface area contributed by atoms with Crippen molar-refractivity contribution in [3.63, 3.8) is 0 Å². The van der Waals surface area contributed by atoms with E-state index >= 15 is 0 Å². The highest BCUT2D eigenvalue weighted by Crippen LogP contribution is 2.31. The Morgan fingerprint density at radius 2 is 1.90 bits per heavy atom. The summed E-state index contributed by atoms with van der Waals surface area (Å²) in [6, 6.07) is 12.7. The summed E-state index contributed by atoms with van der Waals surface area (Å²) in [7, 11) is 0. The molecule has 0 atom stereocenters. The van der Waals surface area contributed by atoms with Gasteiger partial charge < -0.3 is 10.1 Å². The van der Waals surface area contributed by atoms with Crippen molar-refractivity contribution >= 4 is 27.4 Å². The average molecular weight is 332 g/mol. The highest BCUT2D eigenvalue weighted by molar-refractivity contribution is 9.10. The van der Waals surface area contributed by atoms with Crippen molar-refractivity contribution in [2.45, 2.75) is 6.92 Å². The van der Waals surface area contributed by atoms with Crippen LogP contribution in [0.5, 0.6) is 0 Å². The number of halogens is 1. The standard InChI is InChI=1S/C14H10BrN3O2/c1-9-3-2-4-12-16-13(14(17(9)12)18(19)20)10-5-7-11(15)8-6-10/h2-8H,1H3. The predicted molar refractivity (Wildman–Crippen MR) is 79.7 cm³/mol. The van der Waals surface area contributed by atoms with Crippen LogP contribution in [0.25, 0.3) is 16.9 Å². The van der Waals surface area contributed by atoms with Gasteiger partial charge in [-0.25, -0.2) is 0 Å².